The highest BCUT2D eigenvalue weighted by Crippen LogP contribution is 2.23. The van der Waals surface area contributed by atoms with Crippen LogP contribution in [0.5, 0.6) is 0 Å². The summed E-state index contributed by atoms with van der Waals surface area (Å²) in [6, 6.07) is -0.0201. The molecule has 1 saturated heterocycles. The van der Waals surface area contributed by atoms with Gasteiger partial charge >= 0.3 is 12.1 Å². The number of nitriles is 1. The van der Waals surface area contributed by atoms with Gasteiger partial charge in [0.25, 0.3) is 0 Å². The minimum absolute atomic E-state index is 0.261. The standard InChI is InChI=1S/C20H29N5O3/c1-5-6-8-11-15-14-24(13-10-7-9-12-21)19(28)25(15)18(27)23-16(17(22)26)20(2,3)4/h5-6,8,11,16H,1,7,9-10,13-14H2,2-4H3,(H2,22,26)(H,23,27)/b8-6-,15-11+/t16-/m1/s1. The van der Waals surface area contributed by atoms with E-state index >= 15 is 0 Å². The molecule has 0 aromatic rings. The Morgan fingerprint density at radius 2 is 2.04 bits per heavy atom. The molecule has 28 heavy (non-hydrogen) atoms. The maximum atomic E-state index is 12.8. The number of nitrogens with one attached hydrogen (secondary N) is 1. The summed E-state index contributed by atoms with van der Waals surface area (Å²) in [7, 11) is 0. The molecule has 0 bridgehead atoms. The number of amides is 5. The number of rotatable bonds is 8. The maximum absolute atomic E-state index is 12.8. The minimum atomic E-state index is -0.928. The number of nitrogens with zero attached hydrogens (tertiary/aromatic N) is 3. The molecule has 0 aromatic heterocycles. The van der Waals surface area contributed by atoms with Gasteiger partial charge in [-0.3, -0.25) is 4.79 Å². The Bertz CT molecular complexity index is 712. The number of carbonyl (C=O) groups is 3. The van der Waals surface area contributed by atoms with Crippen molar-refractivity contribution in [2.75, 3.05) is 13.1 Å². The van der Waals surface area contributed by atoms with E-state index in [0.717, 1.165) is 4.90 Å². The van der Waals surface area contributed by atoms with Gasteiger partial charge in [-0.15, -0.1) is 0 Å². The fraction of sp³-hybridized carbons (Fsp3) is 0.500. The lowest BCUT2D eigenvalue weighted by Crippen LogP contribution is -2.55. The highest BCUT2D eigenvalue weighted by Gasteiger charge is 2.40. The van der Waals surface area contributed by atoms with Crippen molar-refractivity contribution in [1.82, 2.24) is 15.1 Å². The predicted molar refractivity (Wildman–Crippen MR) is 107 cm³/mol. The van der Waals surface area contributed by atoms with Crippen LogP contribution in [0.25, 0.3) is 0 Å². The van der Waals surface area contributed by atoms with Crippen LogP contribution in [0.2, 0.25) is 0 Å². The van der Waals surface area contributed by atoms with E-state index in [1.165, 1.54) is 0 Å². The molecule has 1 fully saturated rings. The Labute approximate surface area is 166 Å². The second-order valence-corrected chi connectivity index (χ2v) is 7.58. The Hall–Kier alpha value is -3.08. The first-order valence-corrected chi connectivity index (χ1v) is 9.17. The number of urea groups is 2. The molecule has 1 heterocycles. The summed E-state index contributed by atoms with van der Waals surface area (Å²) in [5, 5.41) is 11.2. The van der Waals surface area contributed by atoms with E-state index in [9.17, 15) is 14.4 Å². The molecule has 152 valence electrons. The number of primary amides is 1. The highest BCUT2D eigenvalue weighted by atomic mass is 16.2. The zero-order valence-corrected chi connectivity index (χ0v) is 16.8. The molecule has 3 N–H and O–H groups in total. The average Bonchev–Trinajstić information content (AvgIpc) is 2.91. The van der Waals surface area contributed by atoms with E-state index in [4.69, 9.17) is 11.0 Å². The number of nitrogens with two attached hydrogens (primary N) is 1. The first kappa shape index (κ1) is 23.0. The van der Waals surface area contributed by atoms with Crippen LogP contribution in [-0.4, -0.2) is 46.9 Å². The lowest BCUT2D eigenvalue weighted by atomic mass is 9.86. The number of carbonyl (C=O) groups excluding carboxylic acids is 3. The number of imide groups is 1. The first-order chi connectivity index (χ1) is 13.1. The summed E-state index contributed by atoms with van der Waals surface area (Å²) in [4.78, 5) is 39.9. The smallest absolute Gasteiger partial charge is 0.332 e. The molecule has 0 aromatic carbocycles. The van der Waals surface area contributed by atoms with Crippen molar-refractivity contribution in [2.45, 2.75) is 46.1 Å². The molecule has 0 unspecified atom stereocenters. The van der Waals surface area contributed by atoms with Gasteiger partial charge in [0, 0.05) is 13.0 Å². The van der Waals surface area contributed by atoms with E-state index in [-0.39, 0.29) is 6.54 Å². The van der Waals surface area contributed by atoms with Crippen LogP contribution in [0.3, 0.4) is 0 Å². The van der Waals surface area contributed by atoms with E-state index in [1.54, 1.807) is 50.0 Å². The molecule has 1 aliphatic rings. The summed E-state index contributed by atoms with van der Waals surface area (Å²) in [6.45, 7) is 9.62. The fourth-order valence-corrected chi connectivity index (χ4v) is 2.77. The molecule has 1 aliphatic heterocycles. The number of allylic oxidation sites excluding steroid dienone is 4. The van der Waals surface area contributed by atoms with E-state index in [2.05, 4.69) is 18.0 Å². The topological polar surface area (TPSA) is 120 Å². The van der Waals surface area contributed by atoms with Crippen LogP contribution < -0.4 is 11.1 Å². The van der Waals surface area contributed by atoms with Gasteiger partial charge in [0.2, 0.25) is 5.91 Å². The number of hydrogen-bond acceptors (Lipinski definition) is 4. The Morgan fingerprint density at radius 1 is 1.36 bits per heavy atom. The third-order valence-electron chi connectivity index (χ3n) is 4.23. The molecule has 0 radical (unpaired) electrons. The Kier molecular flexibility index (Phi) is 8.45. The van der Waals surface area contributed by atoms with Crippen molar-refractivity contribution in [2.24, 2.45) is 11.1 Å². The number of unbranched alkanes of at least 4 members (excludes halogenated alkanes) is 2. The van der Waals surface area contributed by atoms with Crippen LogP contribution in [0.1, 0.15) is 40.0 Å². The molecule has 0 saturated carbocycles. The van der Waals surface area contributed by atoms with Crippen molar-refractivity contribution in [3.05, 3.63) is 36.6 Å². The lowest BCUT2D eigenvalue weighted by molar-refractivity contribution is -0.122. The van der Waals surface area contributed by atoms with Crippen molar-refractivity contribution < 1.29 is 14.4 Å². The normalized spacial score (nSPS) is 17.1. The summed E-state index contributed by atoms with van der Waals surface area (Å²) >= 11 is 0. The van der Waals surface area contributed by atoms with E-state index < -0.39 is 29.4 Å². The van der Waals surface area contributed by atoms with Gasteiger partial charge in [0.05, 0.1) is 18.3 Å². The van der Waals surface area contributed by atoms with Crippen LogP contribution in [-0.2, 0) is 4.79 Å². The van der Waals surface area contributed by atoms with Crippen molar-refractivity contribution in [1.29, 1.82) is 5.26 Å². The predicted octanol–water partition coefficient (Wildman–Crippen LogP) is 2.65. The molecule has 0 spiro atoms. The molecular weight excluding hydrogens is 358 g/mol. The van der Waals surface area contributed by atoms with Crippen LogP contribution in [0.4, 0.5) is 9.59 Å². The second-order valence-electron chi connectivity index (χ2n) is 7.58. The van der Waals surface area contributed by atoms with Gasteiger partial charge < -0.3 is 16.0 Å². The van der Waals surface area contributed by atoms with Crippen LogP contribution in [0, 0.1) is 16.7 Å². The van der Waals surface area contributed by atoms with Crippen molar-refractivity contribution >= 4 is 18.0 Å². The van der Waals surface area contributed by atoms with Gasteiger partial charge in [0.1, 0.15) is 6.04 Å². The largest absolute Gasteiger partial charge is 0.368 e. The van der Waals surface area contributed by atoms with Crippen molar-refractivity contribution in [3.8, 4) is 6.07 Å². The Balaban J connectivity index is 3.03. The second kappa shape index (κ2) is 10.3. The van der Waals surface area contributed by atoms with Gasteiger partial charge in [-0.1, -0.05) is 45.6 Å². The van der Waals surface area contributed by atoms with Gasteiger partial charge in [-0.25, -0.2) is 14.5 Å². The quantitative estimate of drug-likeness (QED) is 0.491. The van der Waals surface area contributed by atoms with Gasteiger partial charge in [0.15, 0.2) is 0 Å². The molecular formula is C20H29N5O3. The molecule has 5 amide bonds. The summed E-state index contributed by atoms with van der Waals surface area (Å²) in [5.74, 6) is -0.669. The van der Waals surface area contributed by atoms with Crippen LogP contribution in [0.15, 0.2) is 36.6 Å². The van der Waals surface area contributed by atoms with E-state index in [0.29, 0.717) is 31.5 Å². The van der Waals surface area contributed by atoms with Crippen molar-refractivity contribution in [3.63, 3.8) is 0 Å². The SMILES string of the molecule is C=C/C=C\C=C1/CN(CCCCC#N)C(=O)N1C(=O)N[C@H](C(N)=O)C(C)(C)C. The molecule has 1 atom stereocenters. The monoisotopic (exact) mass is 387 g/mol. The molecule has 8 nitrogen and oxygen atoms in total. The number of hydrogen-bond donors (Lipinski definition) is 2. The third kappa shape index (κ3) is 6.27. The summed E-state index contributed by atoms with van der Waals surface area (Å²) in [6.07, 6.45) is 8.37. The lowest BCUT2D eigenvalue weighted by Gasteiger charge is -2.30. The van der Waals surface area contributed by atoms with Gasteiger partial charge in [-0.2, -0.15) is 5.26 Å². The molecule has 1 rings (SSSR count). The molecule has 8 heteroatoms. The summed E-state index contributed by atoms with van der Waals surface area (Å²) in [5.41, 5.74) is 5.31. The zero-order valence-electron chi connectivity index (χ0n) is 16.8. The van der Waals surface area contributed by atoms with Gasteiger partial charge in [-0.05, 0) is 24.3 Å². The minimum Gasteiger partial charge on any atom is -0.368 e. The zero-order chi connectivity index (χ0) is 21.3. The average molecular weight is 387 g/mol. The highest BCUT2D eigenvalue weighted by molar-refractivity contribution is 5.99. The summed E-state index contributed by atoms with van der Waals surface area (Å²) < 4.78 is 0. The third-order valence-corrected chi connectivity index (χ3v) is 4.23. The fourth-order valence-electron chi connectivity index (χ4n) is 2.77. The Morgan fingerprint density at radius 3 is 2.57 bits per heavy atom. The maximum Gasteiger partial charge on any atom is 0.332 e. The molecule has 0 aliphatic carbocycles. The van der Waals surface area contributed by atoms with Crippen LogP contribution >= 0.6 is 0 Å². The first-order valence-electron chi connectivity index (χ1n) is 9.17. The van der Waals surface area contributed by atoms with E-state index in [1.807, 2.05) is 0 Å².